The molecule has 0 bridgehead atoms. The standard InChI is InChI=1S/C16H17ClN2O/c17-16-14(12-4-6-13(20)7-5-12)2-1-3-15(16)19-10-8-18-9-11-19/h1-7,18,20H,8-11H2. The third-order valence-electron chi connectivity index (χ3n) is 3.61. The third-order valence-corrected chi connectivity index (χ3v) is 4.01. The lowest BCUT2D eigenvalue weighted by Gasteiger charge is -2.30. The van der Waals surface area contributed by atoms with Crippen molar-refractivity contribution in [1.82, 2.24) is 5.32 Å². The van der Waals surface area contributed by atoms with Crippen molar-refractivity contribution in [1.29, 1.82) is 0 Å². The maximum absolute atomic E-state index is 9.38. The first-order valence-electron chi connectivity index (χ1n) is 6.79. The second-order valence-electron chi connectivity index (χ2n) is 4.92. The zero-order chi connectivity index (χ0) is 13.9. The third kappa shape index (κ3) is 2.60. The van der Waals surface area contributed by atoms with Gasteiger partial charge in [-0.3, -0.25) is 0 Å². The highest BCUT2D eigenvalue weighted by Gasteiger charge is 2.16. The van der Waals surface area contributed by atoms with E-state index in [0.29, 0.717) is 0 Å². The zero-order valence-corrected chi connectivity index (χ0v) is 11.9. The van der Waals surface area contributed by atoms with Crippen LogP contribution in [0.1, 0.15) is 0 Å². The van der Waals surface area contributed by atoms with Crippen molar-refractivity contribution >= 4 is 17.3 Å². The van der Waals surface area contributed by atoms with Crippen LogP contribution in [0.4, 0.5) is 5.69 Å². The van der Waals surface area contributed by atoms with Crippen LogP contribution in [-0.4, -0.2) is 31.3 Å². The molecule has 104 valence electrons. The first-order chi connectivity index (χ1) is 9.75. The Bertz CT molecular complexity index is 592. The first-order valence-corrected chi connectivity index (χ1v) is 7.17. The highest BCUT2D eigenvalue weighted by molar-refractivity contribution is 6.36. The van der Waals surface area contributed by atoms with E-state index in [2.05, 4.69) is 16.3 Å². The fourth-order valence-corrected chi connectivity index (χ4v) is 2.89. The maximum atomic E-state index is 9.38. The van der Waals surface area contributed by atoms with Gasteiger partial charge in [0.05, 0.1) is 10.7 Å². The molecule has 1 aliphatic heterocycles. The predicted molar refractivity (Wildman–Crippen MR) is 83.6 cm³/mol. The van der Waals surface area contributed by atoms with E-state index < -0.39 is 0 Å². The number of anilines is 1. The number of nitrogens with one attached hydrogen (secondary N) is 1. The zero-order valence-electron chi connectivity index (χ0n) is 11.1. The van der Waals surface area contributed by atoms with Crippen LogP contribution in [0.25, 0.3) is 11.1 Å². The van der Waals surface area contributed by atoms with Gasteiger partial charge in [-0.15, -0.1) is 0 Å². The Morgan fingerprint density at radius 2 is 1.70 bits per heavy atom. The lowest BCUT2D eigenvalue weighted by molar-refractivity contribution is 0.475. The predicted octanol–water partition coefficient (Wildman–Crippen LogP) is 3.12. The topological polar surface area (TPSA) is 35.5 Å². The quantitative estimate of drug-likeness (QED) is 0.891. The summed E-state index contributed by atoms with van der Waals surface area (Å²) >= 11 is 6.59. The normalized spacial score (nSPS) is 15.3. The van der Waals surface area contributed by atoms with Crippen LogP contribution in [0.15, 0.2) is 42.5 Å². The van der Waals surface area contributed by atoms with Crippen molar-refractivity contribution in [2.75, 3.05) is 31.1 Å². The minimum Gasteiger partial charge on any atom is -0.508 e. The summed E-state index contributed by atoms with van der Waals surface area (Å²) in [6, 6.07) is 13.3. The van der Waals surface area contributed by atoms with Crippen molar-refractivity contribution in [3.05, 3.63) is 47.5 Å². The minimum absolute atomic E-state index is 0.267. The first kappa shape index (κ1) is 13.3. The molecule has 2 aromatic carbocycles. The summed E-state index contributed by atoms with van der Waals surface area (Å²) in [7, 11) is 0. The summed E-state index contributed by atoms with van der Waals surface area (Å²) in [6.07, 6.45) is 0. The van der Waals surface area contributed by atoms with Gasteiger partial charge < -0.3 is 15.3 Å². The van der Waals surface area contributed by atoms with E-state index >= 15 is 0 Å². The van der Waals surface area contributed by atoms with E-state index in [9.17, 15) is 5.11 Å². The fraction of sp³-hybridized carbons (Fsp3) is 0.250. The second kappa shape index (κ2) is 5.73. The molecule has 1 saturated heterocycles. The summed E-state index contributed by atoms with van der Waals surface area (Å²) in [5, 5.41) is 13.5. The number of phenolic OH excluding ortho intramolecular Hbond substituents is 1. The van der Waals surface area contributed by atoms with Gasteiger partial charge in [0.15, 0.2) is 0 Å². The second-order valence-corrected chi connectivity index (χ2v) is 5.30. The summed E-state index contributed by atoms with van der Waals surface area (Å²) in [6.45, 7) is 3.91. The molecule has 0 aliphatic carbocycles. The van der Waals surface area contributed by atoms with Gasteiger partial charge in [-0.2, -0.15) is 0 Å². The van der Waals surface area contributed by atoms with Crippen LogP contribution >= 0.6 is 11.6 Å². The fourth-order valence-electron chi connectivity index (χ4n) is 2.53. The van der Waals surface area contributed by atoms with Gasteiger partial charge in [-0.25, -0.2) is 0 Å². The van der Waals surface area contributed by atoms with Crippen LogP contribution in [0.3, 0.4) is 0 Å². The smallest absolute Gasteiger partial charge is 0.115 e. The number of benzene rings is 2. The molecule has 0 unspecified atom stereocenters. The van der Waals surface area contributed by atoms with Gasteiger partial charge in [-0.1, -0.05) is 35.9 Å². The van der Waals surface area contributed by atoms with E-state index in [1.165, 1.54) is 0 Å². The molecule has 1 heterocycles. The van der Waals surface area contributed by atoms with Crippen LogP contribution in [-0.2, 0) is 0 Å². The van der Waals surface area contributed by atoms with Gasteiger partial charge in [0.1, 0.15) is 5.75 Å². The van der Waals surface area contributed by atoms with Crippen molar-refractivity contribution in [3.63, 3.8) is 0 Å². The molecule has 2 N–H and O–H groups in total. The average molecular weight is 289 g/mol. The Morgan fingerprint density at radius 1 is 1.00 bits per heavy atom. The molecular formula is C16H17ClN2O. The van der Waals surface area contributed by atoms with Gasteiger partial charge in [0.2, 0.25) is 0 Å². The molecule has 1 aliphatic rings. The van der Waals surface area contributed by atoms with Gasteiger partial charge >= 0.3 is 0 Å². The van der Waals surface area contributed by atoms with Crippen molar-refractivity contribution in [2.45, 2.75) is 0 Å². The van der Waals surface area contributed by atoms with Gasteiger partial charge in [0, 0.05) is 31.7 Å². The molecule has 3 nitrogen and oxygen atoms in total. The molecule has 0 saturated carbocycles. The molecule has 2 aromatic rings. The van der Waals surface area contributed by atoms with Crippen LogP contribution in [0.5, 0.6) is 5.75 Å². The van der Waals surface area contributed by atoms with E-state index in [0.717, 1.165) is 48.0 Å². The molecule has 0 aromatic heterocycles. The Morgan fingerprint density at radius 3 is 2.40 bits per heavy atom. The highest BCUT2D eigenvalue weighted by atomic mass is 35.5. The largest absolute Gasteiger partial charge is 0.508 e. The van der Waals surface area contributed by atoms with Crippen LogP contribution in [0.2, 0.25) is 5.02 Å². The summed E-state index contributed by atoms with van der Waals surface area (Å²) < 4.78 is 0. The molecule has 0 atom stereocenters. The van der Waals surface area contributed by atoms with Crippen molar-refractivity contribution < 1.29 is 5.11 Å². The molecular weight excluding hydrogens is 272 g/mol. The summed E-state index contributed by atoms with van der Waals surface area (Å²) in [5.41, 5.74) is 3.10. The Balaban J connectivity index is 1.98. The van der Waals surface area contributed by atoms with Gasteiger partial charge in [-0.05, 0) is 23.8 Å². The van der Waals surface area contributed by atoms with Gasteiger partial charge in [0.25, 0.3) is 0 Å². The van der Waals surface area contributed by atoms with E-state index in [4.69, 9.17) is 11.6 Å². The molecule has 0 radical (unpaired) electrons. The van der Waals surface area contributed by atoms with E-state index in [1.54, 1.807) is 12.1 Å². The average Bonchev–Trinajstić information content (AvgIpc) is 2.49. The van der Waals surface area contributed by atoms with E-state index in [1.807, 2.05) is 24.3 Å². The lowest BCUT2D eigenvalue weighted by Crippen LogP contribution is -2.43. The highest BCUT2D eigenvalue weighted by Crippen LogP contribution is 2.36. The number of hydrogen-bond donors (Lipinski definition) is 2. The Labute approximate surface area is 123 Å². The Kier molecular flexibility index (Phi) is 3.81. The molecule has 3 rings (SSSR count). The molecule has 20 heavy (non-hydrogen) atoms. The van der Waals surface area contributed by atoms with Crippen LogP contribution < -0.4 is 10.2 Å². The number of rotatable bonds is 2. The summed E-state index contributed by atoms with van der Waals surface area (Å²) in [5.74, 6) is 0.267. The van der Waals surface area contributed by atoms with E-state index in [-0.39, 0.29) is 5.75 Å². The minimum atomic E-state index is 0.267. The molecule has 1 fully saturated rings. The summed E-state index contributed by atoms with van der Waals surface area (Å²) in [4.78, 5) is 2.31. The maximum Gasteiger partial charge on any atom is 0.115 e. The number of piperazine rings is 1. The van der Waals surface area contributed by atoms with Crippen molar-refractivity contribution in [2.24, 2.45) is 0 Å². The molecule has 0 spiro atoms. The lowest BCUT2D eigenvalue weighted by atomic mass is 10.0. The number of halogens is 1. The van der Waals surface area contributed by atoms with Crippen molar-refractivity contribution in [3.8, 4) is 16.9 Å². The number of phenols is 1. The van der Waals surface area contributed by atoms with Crippen LogP contribution in [0, 0.1) is 0 Å². The molecule has 4 heteroatoms. The Hall–Kier alpha value is -1.71. The number of aromatic hydroxyl groups is 1. The monoisotopic (exact) mass is 288 g/mol. The molecule has 0 amide bonds. The SMILES string of the molecule is Oc1ccc(-c2cccc(N3CCNCC3)c2Cl)cc1. The number of hydrogen-bond acceptors (Lipinski definition) is 3. The number of nitrogens with zero attached hydrogens (tertiary/aromatic N) is 1.